The third-order valence-electron chi connectivity index (χ3n) is 1.52. The van der Waals surface area contributed by atoms with E-state index in [4.69, 9.17) is 0 Å². The minimum absolute atomic E-state index is 0.00278. The summed E-state index contributed by atoms with van der Waals surface area (Å²) in [6.45, 7) is 2.76. The summed E-state index contributed by atoms with van der Waals surface area (Å²) in [7, 11) is 5.93. The molecule has 0 bridgehead atoms. The van der Waals surface area contributed by atoms with Gasteiger partial charge in [-0.25, -0.2) is 0 Å². The predicted molar refractivity (Wildman–Crippen MR) is 48.1 cm³/mol. The van der Waals surface area contributed by atoms with Gasteiger partial charge in [-0.05, 0) is 13.5 Å². The summed E-state index contributed by atoms with van der Waals surface area (Å²) in [6.07, 6.45) is 0.840. The number of hydrogen-bond acceptors (Lipinski definition) is 3. The molecule has 3 nitrogen and oxygen atoms in total. The van der Waals surface area contributed by atoms with Gasteiger partial charge in [0.05, 0.1) is 13.0 Å². The SMILES string of the molecule is COC(=O)C(C)CCN(C)P. The van der Waals surface area contributed by atoms with Gasteiger partial charge in [0.25, 0.3) is 0 Å². The van der Waals surface area contributed by atoms with Crippen LogP contribution in [0.2, 0.25) is 0 Å². The van der Waals surface area contributed by atoms with Crippen LogP contribution in [0.25, 0.3) is 0 Å². The Morgan fingerprint density at radius 1 is 1.73 bits per heavy atom. The third-order valence-corrected chi connectivity index (χ3v) is 1.78. The van der Waals surface area contributed by atoms with Crippen LogP contribution in [0.1, 0.15) is 13.3 Å². The Morgan fingerprint density at radius 2 is 2.27 bits per heavy atom. The van der Waals surface area contributed by atoms with Crippen molar-refractivity contribution in [1.82, 2.24) is 4.67 Å². The fraction of sp³-hybridized carbons (Fsp3) is 0.857. The van der Waals surface area contributed by atoms with E-state index in [1.807, 2.05) is 18.6 Å². The molecule has 0 saturated heterocycles. The van der Waals surface area contributed by atoms with Crippen LogP contribution < -0.4 is 0 Å². The third kappa shape index (κ3) is 5.16. The standard InChI is InChI=1S/C7H16NO2P/c1-6(7(9)10-3)4-5-8(2)11/h6H,4-5,11H2,1-3H3. The first kappa shape index (κ1) is 10.9. The number of rotatable bonds is 4. The van der Waals surface area contributed by atoms with Crippen molar-refractivity contribution in [3.8, 4) is 0 Å². The van der Waals surface area contributed by atoms with E-state index in [0.29, 0.717) is 0 Å². The summed E-state index contributed by atoms with van der Waals surface area (Å²) in [4.78, 5) is 10.9. The predicted octanol–water partition coefficient (Wildman–Crippen LogP) is 0.907. The second-order valence-electron chi connectivity index (χ2n) is 2.69. The van der Waals surface area contributed by atoms with Gasteiger partial charge in [-0.15, -0.1) is 0 Å². The van der Waals surface area contributed by atoms with Gasteiger partial charge in [0.1, 0.15) is 0 Å². The average molecular weight is 177 g/mol. The summed E-state index contributed by atoms with van der Waals surface area (Å²) in [5.41, 5.74) is 0. The van der Waals surface area contributed by atoms with Crippen molar-refractivity contribution < 1.29 is 9.53 Å². The van der Waals surface area contributed by atoms with Crippen molar-refractivity contribution in [3.63, 3.8) is 0 Å². The van der Waals surface area contributed by atoms with Crippen LogP contribution in [0.15, 0.2) is 0 Å². The highest BCUT2D eigenvalue weighted by Crippen LogP contribution is 2.06. The summed E-state index contributed by atoms with van der Waals surface area (Å²) in [5.74, 6) is -0.125. The van der Waals surface area contributed by atoms with Crippen LogP contribution >= 0.6 is 9.39 Å². The van der Waals surface area contributed by atoms with Gasteiger partial charge in [-0.1, -0.05) is 16.3 Å². The maximum Gasteiger partial charge on any atom is 0.308 e. The van der Waals surface area contributed by atoms with Crippen molar-refractivity contribution in [2.45, 2.75) is 13.3 Å². The van der Waals surface area contributed by atoms with Crippen molar-refractivity contribution in [2.75, 3.05) is 20.7 Å². The van der Waals surface area contributed by atoms with E-state index >= 15 is 0 Å². The Morgan fingerprint density at radius 3 is 2.64 bits per heavy atom. The first-order chi connectivity index (χ1) is 5.07. The molecule has 0 saturated carbocycles. The number of esters is 1. The lowest BCUT2D eigenvalue weighted by Gasteiger charge is -2.12. The summed E-state index contributed by atoms with van der Waals surface area (Å²) in [6, 6.07) is 0. The molecule has 0 radical (unpaired) electrons. The Kier molecular flexibility index (Phi) is 5.43. The zero-order valence-corrected chi connectivity index (χ0v) is 8.49. The number of nitrogens with zero attached hydrogens (tertiary/aromatic N) is 1. The lowest BCUT2D eigenvalue weighted by Crippen LogP contribution is -2.17. The topological polar surface area (TPSA) is 29.5 Å². The zero-order valence-electron chi connectivity index (χ0n) is 7.33. The van der Waals surface area contributed by atoms with Crippen LogP contribution in [0.4, 0.5) is 0 Å². The molecule has 0 rings (SSSR count). The van der Waals surface area contributed by atoms with E-state index in [1.54, 1.807) is 0 Å². The highest BCUT2D eigenvalue weighted by atomic mass is 31.0. The van der Waals surface area contributed by atoms with Crippen LogP contribution in [-0.4, -0.2) is 31.3 Å². The molecule has 4 heteroatoms. The highest BCUT2D eigenvalue weighted by molar-refractivity contribution is 7.13. The molecule has 0 aliphatic heterocycles. The van der Waals surface area contributed by atoms with E-state index < -0.39 is 0 Å². The minimum Gasteiger partial charge on any atom is -0.469 e. The zero-order chi connectivity index (χ0) is 8.85. The number of methoxy groups -OCH3 is 1. The van der Waals surface area contributed by atoms with E-state index in [1.165, 1.54) is 7.11 Å². The highest BCUT2D eigenvalue weighted by Gasteiger charge is 2.12. The maximum absolute atomic E-state index is 10.9. The Bertz CT molecular complexity index is 128. The molecule has 0 aliphatic rings. The Labute approximate surface area is 70.3 Å². The number of carbonyl (C=O) groups excluding carboxylic acids is 1. The molecular weight excluding hydrogens is 161 g/mol. The van der Waals surface area contributed by atoms with Crippen LogP contribution in [0.3, 0.4) is 0 Å². The molecule has 0 heterocycles. The molecule has 2 unspecified atom stereocenters. The molecule has 0 aromatic rings. The van der Waals surface area contributed by atoms with Gasteiger partial charge in [-0.2, -0.15) is 0 Å². The lowest BCUT2D eigenvalue weighted by atomic mass is 10.1. The quantitative estimate of drug-likeness (QED) is 0.472. The first-order valence-electron chi connectivity index (χ1n) is 3.61. The van der Waals surface area contributed by atoms with Crippen molar-refractivity contribution in [1.29, 1.82) is 0 Å². The molecular formula is C7H16NO2P. The average Bonchev–Trinajstić information content (AvgIpc) is 1.98. The molecule has 0 N–H and O–H groups in total. The fourth-order valence-electron chi connectivity index (χ4n) is 0.716. The molecule has 0 aromatic heterocycles. The molecule has 0 aliphatic carbocycles. The number of hydrogen-bond donors (Lipinski definition) is 0. The largest absolute Gasteiger partial charge is 0.469 e. The smallest absolute Gasteiger partial charge is 0.308 e. The molecule has 66 valence electrons. The first-order valence-corrected chi connectivity index (χ1v) is 4.13. The van der Waals surface area contributed by atoms with Gasteiger partial charge in [-0.3, -0.25) is 9.46 Å². The second kappa shape index (κ2) is 5.50. The molecule has 0 spiro atoms. The number of carbonyl (C=O) groups is 1. The molecule has 0 fully saturated rings. The van der Waals surface area contributed by atoms with Gasteiger partial charge < -0.3 is 4.74 Å². The van der Waals surface area contributed by atoms with Crippen molar-refractivity contribution in [2.24, 2.45) is 5.92 Å². The molecule has 0 aromatic carbocycles. The normalized spacial score (nSPS) is 13.2. The second-order valence-corrected chi connectivity index (χ2v) is 3.58. The Balaban J connectivity index is 3.52. The van der Waals surface area contributed by atoms with E-state index in [0.717, 1.165) is 13.0 Å². The monoisotopic (exact) mass is 177 g/mol. The van der Waals surface area contributed by atoms with Gasteiger partial charge in [0.2, 0.25) is 0 Å². The number of ether oxygens (including phenoxy) is 1. The fourth-order valence-corrected chi connectivity index (χ4v) is 0.865. The minimum atomic E-state index is -0.128. The van der Waals surface area contributed by atoms with Crippen molar-refractivity contribution >= 4 is 15.4 Å². The van der Waals surface area contributed by atoms with Crippen LogP contribution in [0, 0.1) is 5.92 Å². The van der Waals surface area contributed by atoms with Crippen molar-refractivity contribution in [3.05, 3.63) is 0 Å². The van der Waals surface area contributed by atoms with Gasteiger partial charge >= 0.3 is 5.97 Å². The lowest BCUT2D eigenvalue weighted by molar-refractivity contribution is -0.145. The summed E-state index contributed by atoms with van der Waals surface area (Å²) >= 11 is 0. The van der Waals surface area contributed by atoms with Crippen LogP contribution in [-0.2, 0) is 9.53 Å². The maximum atomic E-state index is 10.9. The summed E-state index contributed by atoms with van der Waals surface area (Å²) < 4.78 is 6.55. The van der Waals surface area contributed by atoms with E-state index in [2.05, 4.69) is 14.1 Å². The van der Waals surface area contributed by atoms with Gasteiger partial charge in [0, 0.05) is 6.54 Å². The molecule has 11 heavy (non-hydrogen) atoms. The van der Waals surface area contributed by atoms with E-state index in [9.17, 15) is 4.79 Å². The van der Waals surface area contributed by atoms with Gasteiger partial charge in [0.15, 0.2) is 0 Å². The Hall–Kier alpha value is -0.140. The molecule has 2 atom stereocenters. The summed E-state index contributed by atoms with van der Waals surface area (Å²) in [5, 5.41) is 0. The van der Waals surface area contributed by atoms with E-state index in [-0.39, 0.29) is 11.9 Å². The molecule has 0 amide bonds. The van der Waals surface area contributed by atoms with Crippen LogP contribution in [0.5, 0.6) is 0 Å².